The van der Waals surface area contributed by atoms with E-state index in [1.54, 1.807) is 0 Å². The van der Waals surface area contributed by atoms with E-state index in [9.17, 15) is 13.6 Å². The van der Waals surface area contributed by atoms with E-state index in [0.717, 1.165) is 43.6 Å². The van der Waals surface area contributed by atoms with Gasteiger partial charge in [-0.2, -0.15) is 5.06 Å². The Morgan fingerprint density at radius 2 is 1.89 bits per heavy atom. The predicted octanol–water partition coefficient (Wildman–Crippen LogP) is 4.12. The summed E-state index contributed by atoms with van der Waals surface area (Å²) in [7, 11) is -2.03. The van der Waals surface area contributed by atoms with E-state index in [1.807, 2.05) is 24.3 Å². The van der Waals surface area contributed by atoms with Gasteiger partial charge in [-0.1, -0.05) is 49.4 Å². The average molecular weight is 427 g/mol. The molecule has 0 spiro atoms. The van der Waals surface area contributed by atoms with Gasteiger partial charge < -0.3 is 5.21 Å². The van der Waals surface area contributed by atoms with E-state index in [1.165, 1.54) is 16.9 Å². The normalized spacial score (nSPS) is 17.3. The molecule has 1 aliphatic heterocycles. The van der Waals surface area contributed by atoms with Gasteiger partial charge in [-0.05, 0) is 42.9 Å². The summed E-state index contributed by atoms with van der Waals surface area (Å²) in [5.41, 5.74) is 1.20. The van der Waals surface area contributed by atoms with E-state index < -0.39 is 16.1 Å². The lowest BCUT2D eigenvalue weighted by atomic mass is 9.90. The third-order valence-electron chi connectivity index (χ3n) is 5.18. The Kier molecular flexibility index (Phi) is 9.26. The fourth-order valence-corrected chi connectivity index (χ4v) is 5.21. The van der Waals surface area contributed by atoms with Crippen molar-refractivity contribution in [3.8, 4) is 11.8 Å². The number of sulfonamides is 1. The van der Waals surface area contributed by atoms with Crippen LogP contribution in [0, 0.1) is 11.8 Å². The largest absolute Gasteiger partial charge is 0.313 e. The lowest BCUT2D eigenvalue weighted by molar-refractivity contribution is -0.0794. The highest BCUT2D eigenvalue weighted by molar-refractivity contribution is 7.89. The Morgan fingerprint density at radius 3 is 2.46 bits per heavy atom. The van der Waals surface area contributed by atoms with Gasteiger partial charge in [-0.15, -0.1) is 5.92 Å². The Hall–Kier alpha value is -1.10. The van der Waals surface area contributed by atoms with E-state index in [2.05, 4.69) is 18.8 Å². The zero-order chi connectivity index (χ0) is 20.6. The quantitative estimate of drug-likeness (QED) is 0.386. The maximum Gasteiger partial charge on any atom is 0.216 e. The summed E-state index contributed by atoms with van der Waals surface area (Å²) in [5, 5.41) is 11.4. The van der Waals surface area contributed by atoms with Gasteiger partial charge in [-0.3, -0.25) is 0 Å². The molecule has 1 atom stereocenters. The van der Waals surface area contributed by atoms with Gasteiger partial charge in [0.2, 0.25) is 10.0 Å². The van der Waals surface area contributed by atoms with Crippen LogP contribution in [0.5, 0.6) is 0 Å². The molecule has 1 fully saturated rings. The second-order valence-electron chi connectivity index (χ2n) is 7.37. The van der Waals surface area contributed by atoms with Crippen molar-refractivity contribution in [2.45, 2.75) is 57.4 Å². The smallest absolute Gasteiger partial charge is 0.216 e. The summed E-state index contributed by atoms with van der Waals surface area (Å²) in [6.07, 6.45) is 5.51. The second-order valence-corrected chi connectivity index (χ2v) is 9.82. The molecule has 0 aromatic heterocycles. The van der Waals surface area contributed by atoms with Crippen molar-refractivity contribution in [2.24, 2.45) is 0 Å². The van der Waals surface area contributed by atoms with Crippen molar-refractivity contribution in [3.63, 3.8) is 0 Å². The lowest BCUT2D eigenvalue weighted by Crippen LogP contribution is -2.44. The summed E-state index contributed by atoms with van der Waals surface area (Å²) in [6.45, 7) is 3.10. The molecule has 2 rings (SSSR count). The van der Waals surface area contributed by atoms with E-state index in [4.69, 9.17) is 11.6 Å². The molecule has 5 nitrogen and oxygen atoms in total. The minimum absolute atomic E-state index is 0.188. The predicted molar refractivity (Wildman–Crippen MR) is 114 cm³/mol. The number of halogens is 1. The molecule has 0 saturated carbocycles. The number of hydroxylamine groups is 2. The molecule has 1 unspecified atom stereocenters. The summed E-state index contributed by atoms with van der Waals surface area (Å²) >= 11 is 5.95. The Labute approximate surface area is 174 Å². The van der Waals surface area contributed by atoms with Crippen LogP contribution in [-0.2, 0) is 10.0 Å². The van der Waals surface area contributed by atoms with Crippen LogP contribution in [0.25, 0.3) is 0 Å². The highest BCUT2D eigenvalue weighted by Crippen LogP contribution is 2.30. The molecule has 1 aliphatic rings. The first-order valence-electron chi connectivity index (χ1n) is 9.97. The highest BCUT2D eigenvalue weighted by atomic mass is 35.5. The van der Waals surface area contributed by atoms with E-state index in [-0.39, 0.29) is 5.75 Å². The lowest BCUT2D eigenvalue weighted by Gasteiger charge is -2.32. The number of unbranched alkanes of at least 4 members (excludes halogenated alkanes) is 3. The van der Waals surface area contributed by atoms with Crippen LogP contribution in [0.1, 0.15) is 56.9 Å². The minimum Gasteiger partial charge on any atom is -0.313 e. The van der Waals surface area contributed by atoms with Crippen LogP contribution in [0.4, 0.5) is 0 Å². The standard InChI is InChI=1S/C21H31ClN2O3S/c1-3-4-5-6-7-8-21(23(2)25)17-28(26,27)24-15-13-19(14-16-24)18-9-11-20(22)12-10-18/h9-12,19,21,25H,3-6,13-17H2,1-2H3. The maximum absolute atomic E-state index is 12.8. The number of rotatable bonds is 8. The molecule has 1 heterocycles. The number of benzene rings is 1. The number of hydrogen-bond acceptors (Lipinski definition) is 4. The number of piperidine rings is 1. The second kappa shape index (κ2) is 11.2. The molecule has 1 saturated heterocycles. The number of nitrogens with zero attached hydrogens (tertiary/aromatic N) is 2. The topological polar surface area (TPSA) is 60.9 Å². The Balaban J connectivity index is 1.93. The van der Waals surface area contributed by atoms with Crippen molar-refractivity contribution < 1.29 is 13.6 Å². The van der Waals surface area contributed by atoms with Crippen LogP contribution in [0.3, 0.4) is 0 Å². The van der Waals surface area contributed by atoms with Gasteiger partial charge in [0, 0.05) is 31.6 Å². The molecule has 7 heteroatoms. The molecule has 1 N–H and O–H groups in total. The van der Waals surface area contributed by atoms with Crippen LogP contribution in [-0.4, -0.2) is 54.9 Å². The van der Waals surface area contributed by atoms with Gasteiger partial charge in [0.25, 0.3) is 0 Å². The average Bonchev–Trinajstić information content (AvgIpc) is 2.67. The SMILES string of the molecule is CCCCCC#CC(CS(=O)(=O)N1CCC(c2ccc(Cl)cc2)CC1)N(C)O. The molecule has 0 radical (unpaired) electrons. The Morgan fingerprint density at radius 1 is 1.25 bits per heavy atom. The van der Waals surface area contributed by atoms with Gasteiger partial charge in [0.15, 0.2) is 0 Å². The first-order chi connectivity index (χ1) is 13.3. The molecule has 0 bridgehead atoms. The summed E-state index contributed by atoms with van der Waals surface area (Å²) in [5.74, 6) is 6.09. The fraction of sp³-hybridized carbons (Fsp3) is 0.619. The fourth-order valence-electron chi connectivity index (χ4n) is 3.40. The van der Waals surface area contributed by atoms with Crippen LogP contribution < -0.4 is 0 Å². The Bertz CT molecular complexity index is 761. The van der Waals surface area contributed by atoms with Crippen molar-refractivity contribution in [1.29, 1.82) is 0 Å². The molecular formula is C21H31ClN2O3S. The third-order valence-corrected chi connectivity index (χ3v) is 7.32. The molecule has 1 aromatic rings. The highest BCUT2D eigenvalue weighted by Gasteiger charge is 2.31. The van der Waals surface area contributed by atoms with Crippen molar-refractivity contribution >= 4 is 21.6 Å². The molecule has 0 amide bonds. The monoisotopic (exact) mass is 426 g/mol. The molecular weight excluding hydrogens is 396 g/mol. The van der Waals surface area contributed by atoms with Crippen molar-refractivity contribution in [2.75, 3.05) is 25.9 Å². The molecule has 28 heavy (non-hydrogen) atoms. The van der Waals surface area contributed by atoms with Crippen LogP contribution in [0.2, 0.25) is 5.02 Å². The van der Waals surface area contributed by atoms with E-state index >= 15 is 0 Å². The zero-order valence-electron chi connectivity index (χ0n) is 16.8. The van der Waals surface area contributed by atoms with Gasteiger partial charge >= 0.3 is 0 Å². The maximum atomic E-state index is 12.8. The summed E-state index contributed by atoms with van der Waals surface area (Å²) < 4.78 is 27.2. The van der Waals surface area contributed by atoms with Gasteiger partial charge in [0.1, 0.15) is 6.04 Å². The van der Waals surface area contributed by atoms with Gasteiger partial charge in [-0.25, -0.2) is 12.7 Å². The van der Waals surface area contributed by atoms with Crippen LogP contribution in [0.15, 0.2) is 24.3 Å². The first-order valence-corrected chi connectivity index (χ1v) is 12.0. The van der Waals surface area contributed by atoms with E-state index in [0.29, 0.717) is 24.0 Å². The third kappa shape index (κ3) is 7.06. The molecule has 1 aromatic carbocycles. The van der Waals surface area contributed by atoms with Crippen LogP contribution >= 0.6 is 11.6 Å². The van der Waals surface area contributed by atoms with Crippen molar-refractivity contribution in [1.82, 2.24) is 9.37 Å². The number of hydrogen-bond donors (Lipinski definition) is 1. The zero-order valence-corrected chi connectivity index (χ0v) is 18.3. The summed E-state index contributed by atoms with van der Waals surface area (Å²) in [6, 6.07) is 7.08. The van der Waals surface area contributed by atoms with Crippen molar-refractivity contribution in [3.05, 3.63) is 34.9 Å². The first kappa shape index (κ1) is 23.2. The minimum atomic E-state index is -3.48. The van der Waals surface area contributed by atoms with Gasteiger partial charge in [0.05, 0.1) is 5.75 Å². The summed E-state index contributed by atoms with van der Waals surface area (Å²) in [4.78, 5) is 0. The molecule has 156 valence electrons. The molecule has 0 aliphatic carbocycles.